The fraction of sp³-hybridized carbons (Fsp3) is 0.458. The van der Waals surface area contributed by atoms with Crippen molar-refractivity contribution in [2.75, 3.05) is 35.3 Å². The Morgan fingerprint density at radius 1 is 1.23 bits per heavy atom. The molecule has 0 unspecified atom stereocenters. The van der Waals surface area contributed by atoms with Crippen LogP contribution in [0.4, 0.5) is 22.9 Å². The third-order valence-electron chi connectivity index (χ3n) is 6.80. The summed E-state index contributed by atoms with van der Waals surface area (Å²) in [5.74, 6) is 1.06. The highest BCUT2D eigenvalue weighted by Crippen LogP contribution is 2.40. The predicted octanol–water partition coefficient (Wildman–Crippen LogP) is 3.84. The van der Waals surface area contributed by atoms with Crippen LogP contribution < -0.4 is 15.1 Å². The lowest BCUT2D eigenvalue weighted by molar-refractivity contribution is -0.124. The van der Waals surface area contributed by atoms with E-state index in [1.807, 2.05) is 23.1 Å². The van der Waals surface area contributed by atoms with Gasteiger partial charge in [0.1, 0.15) is 5.82 Å². The van der Waals surface area contributed by atoms with E-state index in [0.717, 1.165) is 67.2 Å². The Morgan fingerprint density at radius 2 is 2.03 bits per heavy atom. The van der Waals surface area contributed by atoms with E-state index in [0.29, 0.717) is 6.54 Å². The van der Waals surface area contributed by atoms with Gasteiger partial charge in [-0.05, 0) is 49.9 Å². The molecule has 0 bridgehead atoms. The number of hydrogen-bond acceptors (Lipinski definition) is 6. The van der Waals surface area contributed by atoms with Gasteiger partial charge >= 0.3 is 0 Å². The Kier molecular flexibility index (Phi) is 5.24. The van der Waals surface area contributed by atoms with Crippen LogP contribution in [0.15, 0.2) is 36.5 Å². The molecule has 7 heteroatoms. The SMILES string of the molecule is CO[C@H]1CC[C@H](C(=O)N2Cc3cccnc3Nc3ccc(N4CC(C#N)C4)cc32)CC1. The zero-order valence-electron chi connectivity index (χ0n) is 17.8. The minimum Gasteiger partial charge on any atom is -0.381 e. The van der Waals surface area contributed by atoms with Crippen LogP contribution in [0.1, 0.15) is 31.2 Å². The summed E-state index contributed by atoms with van der Waals surface area (Å²) in [5.41, 5.74) is 3.83. The van der Waals surface area contributed by atoms with Crippen molar-refractivity contribution in [1.82, 2.24) is 4.98 Å². The molecule has 1 saturated carbocycles. The van der Waals surface area contributed by atoms with Crippen molar-refractivity contribution in [2.45, 2.75) is 38.3 Å². The van der Waals surface area contributed by atoms with Gasteiger partial charge in [0, 0.05) is 43.6 Å². The number of fused-ring (bicyclic) bond motifs is 2. The van der Waals surface area contributed by atoms with Crippen molar-refractivity contribution in [3.05, 3.63) is 42.1 Å². The van der Waals surface area contributed by atoms with Gasteiger partial charge in [0.25, 0.3) is 0 Å². The first-order valence-corrected chi connectivity index (χ1v) is 11.0. The standard InChI is InChI=1S/C24H27N5O2/c1-31-20-7-4-17(5-8-20)24(30)29-15-18-3-2-10-26-23(18)27-21-9-6-19(11-22(21)29)28-13-16(12-25)14-28/h2-3,6,9-11,16-17,20H,4-5,7-8,13-15H2,1H3,(H,26,27)/t17-,20-. The van der Waals surface area contributed by atoms with Gasteiger partial charge in [-0.3, -0.25) is 4.79 Å². The van der Waals surface area contributed by atoms with Gasteiger partial charge in [-0.25, -0.2) is 4.98 Å². The molecular formula is C24H27N5O2. The lowest BCUT2D eigenvalue weighted by Gasteiger charge is -2.38. The van der Waals surface area contributed by atoms with Crippen molar-refractivity contribution in [3.63, 3.8) is 0 Å². The van der Waals surface area contributed by atoms with Crippen molar-refractivity contribution < 1.29 is 9.53 Å². The Bertz CT molecular complexity index is 1020. The number of carbonyl (C=O) groups excluding carboxylic acids is 1. The quantitative estimate of drug-likeness (QED) is 0.817. The second-order valence-corrected chi connectivity index (χ2v) is 8.70. The summed E-state index contributed by atoms with van der Waals surface area (Å²) < 4.78 is 5.49. The van der Waals surface area contributed by atoms with E-state index >= 15 is 0 Å². The summed E-state index contributed by atoms with van der Waals surface area (Å²) in [4.78, 5) is 22.3. The summed E-state index contributed by atoms with van der Waals surface area (Å²) >= 11 is 0. The molecule has 1 aromatic heterocycles. The molecule has 1 aromatic carbocycles. The first kappa shape index (κ1) is 19.8. The van der Waals surface area contributed by atoms with Gasteiger partial charge in [0.15, 0.2) is 0 Å². The van der Waals surface area contributed by atoms with E-state index in [-0.39, 0.29) is 23.8 Å². The maximum Gasteiger partial charge on any atom is 0.230 e. The maximum atomic E-state index is 13.7. The van der Waals surface area contributed by atoms with Crippen molar-refractivity contribution in [3.8, 4) is 6.07 Å². The molecule has 1 saturated heterocycles. The normalized spacial score (nSPS) is 23.0. The van der Waals surface area contributed by atoms with Crippen LogP contribution in [-0.4, -0.2) is 37.2 Å². The summed E-state index contributed by atoms with van der Waals surface area (Å²) in [5, 5.41) is 12.6. The summed E-state index contributed by atoms with van der Waals surface area (Å²) in [6.07, 6.45) is 5.59. The number of carbonyl (C=O) groups is 1. The highest BCUT2D eigenvalue weighted by Gasteiger charge is 2.34. The van der Waals surface area contributed by atoms with E-state index in [9.17, 15) is 4.79 Å². The Balaban J connectivity index is 1.47. The number of aromatic nitrogens is 1. The van der Waals surface area contributed by atoms with Crippen LogP contribution >= 0.6 is 0 Å². The second-order valence-electron chi connectivity index (χ2n) is 8.70. The average Bonchev–Trinajstić information content (AvgIpc) is 2.94. The zero-order chi connectivity index (χ0) is 21.4. The molecule has 2 aliphatic heterocycles. The number of pyridine rings is 1. The topological polar surface area (TPSA) is 81.5 Å². The van der Waals surface area contributed by atoms with Gasteiger partial charge in [0.2, 0.25) is 5.91 Å². The Labute approximate surface area is 182 Å². The third-order valence-corrected chi connectivity index (χ3v) is 6.80. The minimum atomic E-state index is 0.00751. The van der Waals surface area contributed by atoms with Crippen LogP contribution in [0.3, 0.4) is 0 Å². The van der Waals surface area contributed by atoms with E-state index in [1.165, 1.54) is 0 Å². The number of hydrogen-bond donors (Lipinski definition) is 1. The number of amides is 1. The van der Waals surface area contributed by atoms with Crippen LogP contribution in [-0.2, 0) is 16.1 Å². The highest BCUT2D eigenvalue weighted by atomic mass is 16.5. The molecule has 2 aromatic rings. The molecule has 31 heavy (non-hydrogen) atoms. The van der Waals surface area contributed by atoms with Crippen molar-refractivity contribution in [1.29, 1.82) is 5.26 Å². The lowest BCUT2D eigenvalue weighted by Crippen LogP contribution is -2.46. The summed E-state index contributed by atoms with van der Waals surface area (Å²) in [6, 6.07) is 12.4. The number of ether oxygens (including phenoxy) is 1. The minimum absolute atomic E-state index is 0.00751. The van der Waals surface area contributed by atoms with Crippen molar-refractivity contribution in [2.24, 2.45) is 11.8 Å². The fourth-order valence-corrected chi connectivity index (χ4v) is 4.84. The molecule has 160 valence electrons. The molecule has 1 N–H and O–H groups in total. The largest absolute Gasteiger partial charge is 0.381 e. The van der Waals surface area contributed by atoms with Crippen molar-refractivity contribution >= 4 is 28.8 Å². The number of anilines is 4. The smallest absolute Gasteiger partial charge is 0.230 e. The first-order valence-electron chi connectivity index (χ1n) is 11.0. The predicted molar refractivity (Wildman–Crippen MR) is 119 cm³/mol. The van der Waals surface area contributed by atoms with Gasteiger partial charge < -0.3 is 19.9 Å². The molecule has 1 aliphatic carbocycles. The van der Waals surface area contributed by atoms with Crippen LogP contribution in [0, 0.1) is 23.2 Å². The third kappa shape index (κ3) is 3.72. The number of nitrogens with zero attached hydrogens (tertiary/aromatic N) is 4. The van der Waals surface area contributed by atoms with E-state index in [1.54, 1.807) is 13.3 Å². The molecule has 0 spiro atoms. The van der Waals surface area contributed by atoms with Crippen LogP contribution in [0.25, 0.3) is 0 Å². The van der Waals surface area contributed by atoms with Crippen LogP contribution in [0.5, 0.6) is 0 Å². The number of nitrogens with one attached hydrogen (secondary N) is 1. The molecule has 2 fully saturated rings. The number of rotatable bonds is 3. The van der Waals surface area contributed by atoms with Gasteiger partial charge in [-0.1, -0.05) is 6.07 Å². The zero-order valence-corrected chi connectivity index (χ0v) is 17.8. The van der Waals surface area contributed by atoms with Gasteiger partial charge in [-0.15, -0.1) is 0 Å². The number of nitriles is 1. The molecule has 7 nitrogen and oxygen atoms in total. The molecule has 3 aliphatic rings. The lowest BCUT2D eigenvalue weighted by atomic mass is 9.86. The van der Waals surface area contributed by atoms with Gasteiger partial charge in [0.05, 0.1) is 36.0 Å². The molecule has 1 amide bonds. The molecule has 0 atom stereocenters. The van der Waals surface area contributed by atoms with E-state index in [4.69, 9.17) is 10.00 Å². The highest BCUT2D eigenvalue weighted by molar-refractivity contribution is 6.00. The Hall–Kier alpha value is -3.11. The first-order chi connectivity index (χ1) is 15.2. The van der Waals surface area contributed by atoms with E-state index in [2.05, 4.69) is 33.4 Å². The number of benzene rings is 1. The molecular weight excluding hydrogens is 390 g/mol. The van der Waals surface area contributed by atoms with E-state index < -0.39 is 0 Å². The molecule has 0 radical (unpaired) electrons. The summed E-state index contributed by atoms with van der Waals surface area (Å²) in [6.45, 7) is 1.97. The monoisotopic (exact) mass is 417 g/mol. The van der Waals surface area contributed by atoms with Gasteiger partial charge in [-0.2, -0.15) is 5.26 Å². The second kappa shape index (κ2) is 8.20. The fourth-order valence-electron chi connectivity index (χ4n) is 4.84. The van der Waals surface area contributed by atoms with Crippen LogP contribution in [0.2, 0.25) is 0 Å². The Morgan fingerprint density at radius 3 is 2.77 bits per heavy atom. The maximum absolute atomic E-state index is 13.7. The molecule has 3 heterocycles. The number of methoxy groups -OCH3 is 1. The average molecular weight is 418 g/mol. The summed E-state index contributed by atoms with van der Waals surface area (Å²) in [7, 11) is 1.75. The molecule has 5 rings (SSSR count).